The predicted molar refractivity (Wildman–Crippen MR) is 73.7 cm³/mol. The van der Waals surface area contributed by atoms with E-state index in [-0.39, 0.29) is 18.1 Å². The highest BCUT2D eigenvalue weighted by Crippen LogP contribution is 2.26. The summed E-state index contributed by atoms with van der Waals surface area (Å²) in [6.07, 6.45) is 0.271. The number of ketones is 1. The molecular formula is C16H13NO2. The van der Waals surface area contributed by atoms with Crippen LogP contribution in [-0.2, 0) is 6.42 Å². The maximum Gasteiger partial charge on any atom is 0.258 e. The second-order valence-electron chi connectivity index (χ2n) is 4.64. The normalized spacial score (nSPS) is 14.5. The molecule has 3 heteroatoms. The van der Waals surface area contributed by atoms with Crippen LogP contribution in [0.25, 0.3) is 0 Å². The zero-order valence-electron chi connectivity index (χ0n) is 10.6. The topological polar surface area (TPSA) is 37.4 Å². The third-order valence-corrected chi connectivity index (χ3v) is 3.47. The molecule has 3 rings (SSSR count). The van der Waals surface area contributed by atoms with E-state index in [1.807, 2.05) is 30.3 Å². The molecule has 19 heavy (non-hydrogen) atoms. The molecule has 0 aromatic heterocycles. The Kier molecular flexibility index (Phi) is 2.67. The van der Waals surface area contributed by atoms with Crippen LogP contribution >= 0.6 is 0 Å². The monoisotopic (exact) mass is 251 g/mol. The van der Waals surface area contributed by atoms with Gasteiger partial charge in [0.25, 0.3) is 5.91 Å². The van der Waals surface area contributed by atoms with E-state index in [0.29, 0.717) is 16.8 Å². The fourth-order valence-electron chi connectivity index (χ4n) is 2.44. The molecule has 0 saturated heterocycles. The van der Waals surface area contributed by atoms with Crippen molar-refractivity contribution in [1.82, 2.24) is 0 Å². The van der Waals surface area contributed by atoms with E-state index in [9.17, 15) is 9.59 Å². The summed E-state index contributed by atoms with van der Waals surface area (Å²) >= 11 is 0. The summed E-state index contributed by atoms with van der Waals surface area (Å²) in [4.78, 5) is 26.4. The first kappa shape index (κ1) is 11.7. The molecule has 1 amide bonds. The molecule has 1 aliphatic rings. The zero-order valence-corrected chi connectivity index (χ0v) is 10.6. The molecule has 0 aliphatic carbocycles. The van der Waals surface area contributed by atoms with Gasteiger partial charge in [0, 0.05) is 24.6 Å². The van der Waals surface area contributed by atoms with Crippen molar-refractivity contribution in [3.63, 3.8) is 0 Å². The molecule has 0 atom stereocenters. The Morgan fingerprint density at radius 2 is 1.53 bits per heavy atom. The molecule has 0 saturated carbocycles. The van der Waals surface area contributed by atoms with Gasteiger partial charge in [-0.2, -0.15) is 0 Å². The van der Waals surface area contributed by atoms with Crippen LogP contribution in [0, 0.1) is 0 Å². The number of Topliss-reactive ketones (excluding diaryl/α,β-unsaturated/α-hetero) is 1. The van der Waals surface area contributed by atoms with Crippen molar-refractivity contribution < 1.29 is 9.59 Å². The molecule has 0 N–H and O–H groups in total. The number of anilines is 1. The van der Waals surface area contributed by atoms with Gasteiger partial charge in [-0.05, 0) is 23.8 Å². The summed E-state index contributed by atoms with van der Waals surface area (Å²) in [5.41, 5.74) is 2.67. The number of hydrogen-bond acceptors (Lipinski definition) is 2. The molecule has 2 aromatic carbocycles. The molecular weight excluding hydrogens is 238 g/mol. The highest BCUT2D eigenvalue weighted by Gasteiger charge is 2.25. The lowest BCUT2D eigenvalue weighted by atomic mass is 9.94. The smallest absolute Gasteiger partial charge is 0.258 e. The molecule has 1 aliphatic heterocycles. The first-order chi connectivity index (χ1) is 9.18. The lowest BCUT2D eigenvalue weighted by molar-refractivity contribution is 0.0978. The van der Waals surface area contributed by atoms with Crippen LogP contribution in [0.1, 0.15) is 26.3 Å². The molecule has 0 spiro atoms. The summed E-state index contributed by atoms with van der Waals surface area (Å²) in [5.74, 6) is -0.0297. The predicted octanol–water partition coefficient (Wildman–Crippen LogP) is 2.70. The number of hydrogen-bond donors (Lipinski definition) is 0. The summed E-state index contributed by atoms with van der Waals surface area (Å²) < 4.78 is 0. The number of nitrogens with zero attached hydrogens (tertiary/aromatic N) is 1. The molecule has 94 valence electrons. The van der Waals surface area contributed by atoms with Gasteiger partial charge >= 0.3 is 0 Å². The number of amides is 1. The van der Waals surface area contributed by atoms with E-state index in [1.54, 1.807) is 30.1 Å². The van der Waals surface area contributed by atoms with E-state index < -0.39 is 0 Å². The van der Waals surface area contributed by atoms with Crippen LogP contribution in [0.2, 0.25) is 0 Å². The molecule has 0 bridgehead atoms. The van der Waals surface area contributed by atoms with Crippen molar-refractivity contribution in [1.29, 1.82) is 0 Å². The van der Waals surface area contributed by atoms with Crippen LogP contribution in [0.15, 0.2) is 48.5 Å². The lowest BCUT2D eigenvalue weighted by Gasteiger charge is -2.24. The molecule has 1 heterocycles. The first-order valence-electron chi connectivity index (χ1n) is 6.16. The second-order valence-corrected chi connectivity index (χ2v) is 4.64. The van der Waals surface area contributed by atoms with Crippen LogP contribution in [0.5, 0.6) is 0 Å². The zero-order chi connectivity index (χ0) is 13.4. The van der Waals surface area contributed by atoms with Crippen molar-refractivity contribution >= 4 is 17.4 Å². The number of fused-ring (bicyclic) bond motifs is 2. The van der Waals surface area contributed by atoms with E-state index in [0.717, 1.165) is 5.56 Å². The number of carbonyl (C=O) groups is 2. The number of para-hydroxylation sites is 1. The molecule has 2 aromatic rings. The Balaban J connectivity index is 2.22. The van der Waals surface area contributed by atoms with E-state index in [4.69, 9.17) is 0 Å². The van der Waals surface area contributed by atoms with Crippen molar-refractivity contribution in [2.24, 2.45) is 0 Å². The minimum atomic E-state index is -0.0736. The van der Waals surface area contributed by atoms with Gasteiger partial charge < -0.3 is 4.90 Å². The largest absolute Gasteiger partial charge is 0.311 e. The third-order valence-electron chi connectivity index (χ3n) is 3.47. The summed E-state index contributed by atoms with van der Waals surface area (Å²) in [5, 5.41) is 0. The van der Waals surface area contributed by atoms with Crippen molar-refractivity contribution in [3.8, 4) is 0 Å². The van der Waals surface area contributed by atoms with E-state index in [2.05, 4.69) is 0 Å². The van der Waals surface area contributed by atoms with Gasteiger partial charge in [0.2, 0.25) is 0 Å². The Labute approximate surface area is 111 Å². The SMILES string of the molecule is CN1C(=O)c2ccccc2CC(=O)c2ccccc21. The average Bonchev–Trinajstić information content (AvgIpc) is 2.45. The van der Waals surface area contributed by atoms with E-state index in [1.165, 1.54) is 0 Å². The maximum atomic E-state index is 12.5. The van der Waals surface area contributed by atoms with Crippen LogP contribution in [-0.4, -0.2) is 18.7 Å². The summed E-state index contributed by atoms with van der Waals surface area (Å²) in [6, 6.07) is 14.5. The van der Waals surface area contributed by atoms with Crippen molar-refractivity contribution in [2.75, 3.05) is 11.9 Å². The van der Waals surface area contributed by atoms with Crippen LogP contribution < -0.4 is 4.90 Å². The van der Waals surface area contributed by atoms with Crippen LogP contribution in [0.3, 0.4) is 0 Å². The number of rotatable bonds is 0. The van der Waals surface area contributed by atoms with Crippen LogP contribution in [0.4, 0.5) is 5.69 Å². The number of benzene rings is 2. The molecule has 0 fully saturated rings. The molecule has 0 radical (unpaired) electrons. The van der Waals surface area contributed by atoms with Gasteiger partial charge in [-0.25, -0.2) is 0 Å². The lowest BCUT2D eigenvalue weighted by Crippen LogP contribution is -2.31. The molecule has 0 unspecified atom stereocenters. The highest BCUT2D eigenvalue weighted by molar-refractivity contribution is 6.14. The Morgan fingerprint density at radius 3 is 2.32 bits per heavy atom. The number of carbonyl (C=O) groups excluding carboxylic acids is 2. The first-order valence-corrected chi connectivity index (χ1v) is 6.16. The fraction of sp³-hybridized carbons (Fsp3) is 0.125. The average molecular weight is 251 g/mol. The summed E-state index contributed by atoms with van der Waals surface area (Å²) in [7, 11) is 1.70. The van der Waals surface area contributed by atoms with Gasteiger partial charge in [0.1, 0.15) is 0 Å². The fourth-order valence-corrected chi connectivity index (χ4v) is 2.44. The van der Waals surface area contributed by atoms with Gasteiger partial charge in [-0.15, -0.1) is 0 Å². The Hall–Kier alpha value is -2.42. The summed E-state index contributed by atoms with van der Waals surface area (Å²) in [6.45, 7) is 0. The van der Waals surface area contributed by atoms with E-state index >= 15 is 0 Å². The van der Waals surface area contributed by atoms with Crippen molar-refractivity contribution in [3.05, 3.63) is 65.2 Å². The van der Waals surface area contributed by atoms with Gasteiger partial charge in [-0.1, -0.05) is 30.3 Å². The molecule has 3 nitrogen and oxygen atoms in total. The second kappa shape index (κ2) is 4.35. The van der Waals surface area contributed by atoms with Gasteiger partial charge in [0.15, 0.2) is 5.78 Å². The van der Waals surface area contributed by atoms with Gasteiger partial charge in [-0.3, -0.25) is 9.59 Å². The minimum Gasteiger partial charge on any atom is -0.311 e. The Bertz CT molecular complexity index is 676. The minimum absolute atomic E-state index is 0.0439. The van der Waals surface area contributed by atoms with Gasteiger partial charge in [0.05, 0.1) is 5.69 Å². The standard InChI is InChI=1S/C16H13NO2/c1-17-14-9-5-4-8-13(14)15(18)10-11-6-2-3-7-12(11)16(17)19/h2-9H,10H2,1H3. The third kappa shape index (κ3) is 1.83. The maximum absolute atomic E-state index is 12.5. The highest BCUT2D eigenvalue weighted by atomic mass is 16.2. The Morgan fingerprint density at radius 1 is 0.895 bits per heavy atom. The van der Waals surface area contributed by atoms with Crippen molar-refractivity contribution in [2.45, 2.75) is 6.42 Å². The quantitative estimate of drug-likeness (QED) is 0.722.